The third-order valence-electron chi connectivity index (χ3n) is 6.51. The maximum atomic E-state index is 13.3. The van der Waals surface area contributed by atoms with Crippen LogP contribution >= 0.6 is 11.3 Å². The summed E-state index contributed by atoms with van der Waals surface area (Å²) in [7, 11) is 1.59. The van der Waals surface area contributed by atoms with Gasteiger partial charge in [-0.3, -0.25) is 14.9 Å². The van der Waals surface area contributed by atoms with Crippen molar-refractivity contribution in [2.24, 2.45) is 0 Å². The van der Waals surface area contributed by atoms with Gasteiger partial charge < -0.3 is 9.47 Å². The maximum Gasteiger partial charge on any atom is 0.291 e. The van der Waals surface area contributed by atoms with Crippen molar-refractivity contribution in [3.8, 4) is 28.4 Å². The first-order chi connectivity index (χ1) is 20.9. The van der Waals surface area contributed by atoms with Gasteiger partial charge >= 0.3 is 0 Å². The van der Waals surface area contributed by atoms with Crippen molar-refractivity contribution in [3.63, 3.8) is 0 Å². The van der Waals surface area contributed by atoms with Gasteiger partial charge in [-0.25, -0.2) is 4.68 Å². The van der Waals surface area contributed by atoms with Crippen LogP contribution in [0.2, 0.25) is 0 Å². The van der Waals surface area contributed by atoms with Crippen molar-refractivity contribution in [2.45, 2.75) is 6.92 Å². The van der Waals surface area contributed by atoms with Crippen LogP contribution in [0.25, 0.3) is 40.1 Å². The van der Waals surface area contributed by atoms with E-state index in [1.807, 2.05) is 67.7 Å². The van der Waals surface area contributed by atoms with E-state index in [9.17, 15) is 14.9 Å². The molecule has 0 atom stereocenters. The summed E-state index contributed by atoms with van der Waals surface area (Å²) in [4.78, 5) is 29.0. The van der Waals surface area contributed by atoms with Crippen molar-refractivity contribution >= 4 is 40.2 Å². The molecule has 0 N–H and O–H groups in total. The summed E-state index contributed by atoms with van der Waals surface area (Å²) >= 11 is 1.21. The summed E-state index contributed by atoms with van der Waals surface area (Å²) < 4.78 is 14.4. The maximum absolute atomic E-state index is 13.3. The summed E-state index contributed by atoms with van der Waals surface area (Å²) in [6.45, 7) is 2.44. The molecule has 6 aromatic rings. The van der Waals surface area contributed by atoms with Crippen LogP contribution < -0.4 is 19.6 Å². The Hall–Kier alpha value is -5.62. The molecule has 12 heteroatoms. The van der Waals surface area contributed by atoms with Crippen LogP contribution in [-0.2, 0) is 0 Å². The van der Waals surface area contributed by atoms with E-state index in [4.69, 9.17) is 14.6 Å². The van der Waals surface area contributed by atoms with Crippen molar-refractivity contribution in [3.05, 3.63) is 121 Å². The van der Waals surface area contributed by atoms with Gasteiger partial charge in [-0.15, -0.1) is 5.10 Å². The average Bonchev–Trinajstić information content (AvgIpc) is 3.71. The van der Waals surface area contributed by atoms with Crippen LogP contribution in [0, 0.1) is 10.1 Å². The number of hydrogen-bond donors (Lipinski definition) is 0. The molecular weight excluding hydrogens is 568 g/mol. The topological polar surface area (TPSA) is 127 Å². The first kappa shape index (κ1) is 27.5. The van der Waals surface area contributed by atoms with E-state index in [1.54, 1.807) is 36.1 Å². The Balaban J connectivity index is 1.35. The van der Waals surface area contributed by atoms with E-state index in [0.717, 1.165) is 11.3 Å². The highest BCUT2D eigenvalue weighted by Gasteiger charge is 2.15. The number of nitrogens with zero attached hydrogens (tertiary/aromatic N) is 6. The van der Waals surface area contributed by atoms with Gasteiger partial charge in [0.2, 0.25) is 4.96 Å². The van der Waals surface area contributed by atoms with Gasteiger partial charge in [-0.2, -0.15) is 14.6 Å². The number of fused-ring (bicyclic) bond motifs is 1. The lowest BCUT2D eigenvalue weighted by Crippen LogP contribution is -2.23. The van der Waals surface area contributed by atoms with Crippen molar-refractivity contribution in [1.29, 1.82) is 0 Å². The molecule has 0 unspecified atom stereocenters. The third kappa shape index (κ3) is 5.63. The second kappa shape index (κ2) is 11.7. The zero-order valence-electron chi connectivity index (χ0n) is 23.1. The fourth-order valence-electron chi connectivity index (χ4n) is 4.47. The molecular formula is C31H24N6O5S. The molecule has 3 aromatic heterocycles. The van der Waals surface area contributed by atoms with Crippen LogP contribution in [-0.4, -0.2) is 43.0 Å². The molecule has 0 aliphatic heterocycles. The number of aromatic nitrogens is 5. The predicted octanol–water partition coefficient (Wildman–Crippen LogP) is 5.04. The molecule has 0 saturated heterocycles. The van der Waals surface area contributed by atoms with Crippen LogP contribution in [0.3, 0.4) is 0 Å². The molecule has 0 amide bonds. The lowest BCUT2D eigenvalue weighted by molar-refractivity contribution is -0.384. The van der Waals surface area contributed by atoms with E-state index < -0.39 is 4.92 Å². The van der Waals surface area contributed by atoms with E-state index in [2.05, 4.69) is 10.1 Å². The number of para-hydroxylation sites is 1. The molecule has 214 valence electrons. The largest absolute Gasteiger partial charge is 0.493 e. The lowest BCUT2D eigenvalue weighted by atomic mass is 10.1. The number of hydrogen-bond acceptors (Lipinski definition) is 9. The number of nitro benzene ring substituents is 1. The number of nitro groups is 1. The normalized spacial score (nSPS) is 11.9. The third-order valence-corrected chi connectivity index (χ3v) is 7.47. The number of methoxy groups -OCH3 is 1. The van der Waals surface area contributed by atoms with Crippen LogP contribution in [0.4, 0.5) is 5.69 Å². The van der Waals surface area contributed by atoms with E-state index >= 15 is 0 Å². The smallest absolute Gasteiger partial charge is 0.291 e. The van der Waals surface area contributed by atoms with Crippen LogP contribution in [0.15, 0.2) is 83.8 Å². The summed E-state index contributed by atoms with van der Waals surface area (Å²) in [5.41, 5.74) is 3.29. The summed E-state index contributed by atoms with van der Waals surface area (Å²) in [6, 6.07) is 21.3. The Morgan fingerprint density at radius 2 is 1.79 bits per heavy atom. The zero-order valence-corrected chi connectivity index (χ0v) is 23.9. The minimum absolute atomic E-state index is 0.0179. The monoisotopic (exact) mass is 592 g/mol. The number of ether oxygens (including phenoxy) is 2. The number of non-ortho nitro benzene ring substituents is 1. The van der Waals surface area contributed by atoms with Crippen molar-refractivity contribution in [1.82, 2.24) is 24.4 Å². The zero-order chi connectivity index (χ0) is 29.9. The molecule has 0 aliphatic rings. The Bertz CT molecular complexity index is 2080. The number of rotatable bonds is 9. The van der Waals surface area contributed by atoms with Gasteiger partial charge in [0.05, 0.1) is 28.9 Å². The molecule has 3 heterocycles. The van der Waals surface area contributed by atoms with Gasteiger partial charge in [-0.1, -0.05) is 41.7 Å². The summed E-state index contributed by atoms with van der Waals surface area (Å²) in [5.74, 6) is 1.67. The lowest BCUT2D eigenvalue weighted by Gasteiger charge is -2.09. The molecule has 0 aliphatic carbocycles. The molecule has 11 nitrogen and oxygen atoms in total. The Kier molecular flexibility index (Phi) is 7.50. The van der Waals surface area contributed by atoms with Gasteiger partial charge in [0.15, 0.2) is 17.3 Å². The highest BCUT2D eigenvalue weighted by Crippen LogP contribution is 2.29. The number of thiazole rings is 1. The quantitative estimate of drug-likeness (QED) is 0.169. The number of benzene rings is 3. The SMILES string of the molecule is CCOc1ccc(/C=C/c2nc3s/c(=C\c4cn(-c5ccccc5)nc4-c4ccc([N+](=O)[O-])cc4)c(=O)n3n2)cc1OC. The summed E-state index contributed by atoms with van der Waals surface area (Å²) in [5, 5.41) is 20.3. The highest BCUT2D eigenvalue weighted by atomic mass is 32.1. The van der Waals surface area contributed by atoms with E-state index in [1.165, 1.54) is 28.0 Å². The first-order valence-corrected chi connectivity index (χ1v) is 14.1. The molecule has 0 bridgehead atoms. The standard InChI is InChI=1S/C31H24N6O5S/c1-3-42-25-15-9-20(17-26(25)41-2)10-16-28-32-31-36(33-28)30(38)27(43-31)18-22-19-35(23-7-5-4-6-8-23)34-29(22)21-11-13-24(14-12-21)37(39)40/h4-19H,3H2,1-2H3/b16-10+,27-18-. The Morgan fingerprint density at radius 3 is 2.49 bits per heavy atom. The van der Waals surface area contributed by atoms with Gasteiger partial charge in [-0.05, 0) is 61.0 Å². The summed E-state index contributed by atoms with van der Waals surface area (Å²) in [6.07, 6.45) is 7.13. The van der Waals surface area contributed by atoms with Gasteiger partial charge in [0, 0.05) is 29.5 Å². The Morgan fingerprint density at radius 1 is 1.00 bits per heavy atom. The Labute approximate surface area is 248 Å². The van der Waals surface area contributed by atoms with Crippen LogP contribution in [0.1, 0.15) is 23.9 Å². The van der Waals surface area contributed by atoms with E-state index in [0.29, 0.717) is 50.2 Å². The first-order valence-electron chi connectivity index (χ1n) is 13.2. The fraction of sp³-hybridized carbons (Fsp3) is 0.0968. The van der Waals surface area contributed by atoms with Crippen LogP contribution in [0.5, 0.6) is 11.5 Å². The molecule has 0 fully saturated rings. The minimum Gasteiger partial charge on any atom is -0.493 e. The van der Waals surface area contributed by atoms with Crippen molar-refractivity contribution < 1.29 is 14.4 Å². The molecule has 0 radical (unpaired) electrons. The van der Waals surface area contributed by atoms with Gasteiger partial charge in [0.25, 0.3) is 11.2 Å². The average molecular weight is 593 g/mol. The molecule has 6 rings (SSSR count). The minimum atomic E-state index is -0.448. The molecule has 0 saturated carbocycles. The second-order valence-corrected chi connectivity index (χ2v) is 10.3. The second-order valence-electron chi connectivity index (χ2n) is 9.27. The molecule has 0 spiro atoms. The van der Waals surface area contributed by atoms with Crippen molar-refractivity contribution in [2.75, 3.05) is 13.7 Å². The molecule has 43 heavy (non-hydrogen) atoms. The van der Waals surface area contributed by atoms with Gasteiger partial charge in [0.1, 0.15) is 5.69 Å². The predicted molar refractivity (Wildman–Crippen MR) is 165 cm³/mol. The molecule has 3 aromatic carbocycles. The highest BCUT2D eigenvalue weighted by molar-refractivity contribution is 7.15. The van der Waals surface area contributed by atoms with E-state index in [-0.39, 0.29) is 11.2 Å². The fourth-order valence-corrected chi connectivity index (χ4v) is 5.37.